The molecule has 2 aliphatic heterocycles. The predicted octanol–water partition coefficient (Wildman–Crippen LogP) is 6.30. The fourth-order valence-electron chi connectivity index (χ4n) is 4.20. The highest BCUT2D eigenvalue weighted by Crippen LogP contribution is 2.66. The standard InChI is InChI=1S/C20H28INO2S2Si/c1-6-25-20-17(16(21)18(26-20)27(7-2,8-3)9-4)22(19(20)23)14-10-12-15(24-5)13-11-14/h10-13,17H,6-9H2,1-5H3/t17-,20+/m1/s1. The van der Waals surface area contributed by atoms with Gasteiger partial charge in [-0.05, 0) is 57.1 Å². The summed E-state index contributed by atoms with van der Waals surface area (Å²) in [6.45, 7) is 9.20. The summed E-state index contributed by atoms with van der Waals surface area (Å²) in [7, 11) is 0.150. The molecule has 1 fully saturated rings. The highest BCUT2D eigenvalue weighted by Gasteiger charge is 2.68. The van der Waals surface area contributed by atoms with Gasteiger partial charge in [0, 0.05) is 9.27 Å². The van der Waals surface area contributed by atoms with Crippen molar-refractivity contribution in [1.82, 2.24) is 0 Å². The second-order valence-electron chi connectivity index (χ2n) is 7.00. The number of amides is 1. The summed E-state index contributed by atoms with van der Waals surface area (Å²) in [6.07, 6.45) is 0. The monoisotopic (exact) mass is 533 g/mol. The molecule has 0 spiro atoms. The summed E-state index contributed by atoms with van der Waals surface area (Å²) in [6, 6.07) is 11.8. The third kappa shape index (κ3) is 3.20. The van der Waals surface area contributed by atoms with E-state index in [1.54, 1.807) is 11.6 Å². The molecule has 0 unspecified atom stereocenters. The Bertz CT molecular complexity index is 743. The van der Waals surface area contributed by atoms with E-state index in [4.69, 9.17) is 4.74 Å². The fourth-order valence-corrected chi connectivity index (χ4v) is 16.3. The lowest BCUT2D eigenvalue weighted by atomic mass is 9.99. The number of hydrogen-bond acceptors (Lipinski definition) is 4. The lowest BCUT2D eigenvalue weighted by molar-refractivity contribution is -0.123. The van der Waals surface area contributed by atoms with Crippen LogP contribution < -0.4 is 9.64 Å². The van der Waals surface area contributed by atoms with E-state index in [1.807, 2.05) is 52.7 Å². The van der Waals surface area contributed by atoms with Gasteiger partial charge in [-0.3, -0.25) is 9.69 Å². The van der Waals surface area contributed by atoms with Crippen LogP contribution in [0, 0.1) is 0 Å². The van der Waals surface area contributed by atoms with E-state index in [2.05, 4.69) is 50.3 Å². The van der Waals surface area contributed by atoms with Crippen molar-refractivity contribution in [2.75, 3.05) is 17.8 Å². The number of hydrogen-bond donors (Lipinski definition) is 0. The van der Waals surface area contributed by atoms with Crippen LogP contribution in [0.3, 0.4) is 0 Å². The Morgan fingerprint density at radius 2 is 1.78 bits per heavy atom. The Morgan fingerprint density at radius 1 is 1.19 bits per heavy atom. The summed E-state index contributed by atoms with van der Waals surface area (Å²) >= 11 is 6.30. The van der Waals surface area contributed by atoms with Crippen molar-refractivity contribution in [3.8, 4) is 5.75 Å². The zero-order valence-electron chi connectivity index (χ0n) is 16.7. The second kappa shape index (κ2) is 8.32. The molecule has 1 aromatic carbocycles. The number of anilines is 1. The van der Waals surface area contributed by atoms with Crippen molar-refractivity contribution in [1.29, 1.82) is 0 Å². The lowest BCUT2D eigenvalue weighted by Crippen LogP contribution is -2.69. The van der Waals surface area contributed by atoms with Crippen LogP contribution in [0.15, 0.2) is 32.4 Å². The van der Waals surface area contributed by atoms with Gasteiger partial charge in [-0.2, -0.15) is 0 Å². The number of β-lactam (4-membered cyclic amide) rings is 1. The minimum absolute atomic E-state index is 0.167. The molecule has 3 rings (SSSR count). The summed E-state index contributed by atoms with van der Waals surface area (Å²) in [5.41, 5.74) is 0.978. The molecular weight excluding hydrogens is 505 g/mol. The molecule has 0 radical (unpaired) electrons. The second-order valence-corrected chi connectivity index (χ2v) is 16.7. The van der Waals surface area contributed by atoms with Gasteiger partial charge in [-0.25, -0.2) is 0 Å². The van der Waals surface area contributed by atoms with Crippen LogP contribution in [0.4, 0.5) is 5.69 Å². The minimum Gasteiger partial charge on any atom is -0.497 e. The van der Waals surface area contributed by atoms with E-state index in [1.165, 1.54) is 21.7 Å². The van der Waals surface area contributed by atoms with Crippen LogP contribution in [0.25, 0.3) is 0 Å². The topological polar surface area (TPSA) is 29.5 Å². The van der Waals surface area contributed by atoms with Gasteiger partial charge in [-0.15, -0.1) is 23.5 Å². The third-order valence-electron chi connectivity index (χ3n) is 6.07. The third-order valence-corrected chi connectivity index (χ3v) is 17.8. The number of rotatable bonds is 8. The largest absolute Gasteiger partial charge is 0.497 e. The number of fused-ring (bicyclic) bond motifs is 1. The number of benzene rings is 1. The van der Waals surface area contributed by atoms with Gasteiger partial charge >= 0.3 is 0 Å². The molecular formula is C20H28INO2S2Si. The molecule has 0 aromatic heterocycles. The van der Waals surface area contributed by atoms with Crippen LogP contribution >= 0.6 is 46.1 Å². The van der Waals surface area contributed by atoms with E-state index >= 15 is 0 Å². The van der Waals surface area contributed by atoms with Crippen molar-refractivity contribution in [3.63, 3.8) is 0 Å². The Hall–Kier alpha value is -0.123. The van der Waals surface area contributed by atoms with Gasteiger partial charge < -0.3 is 4.74 Å². The zero-order chi connectivity index (χ0) is 19.8. The molecule has 7 heteroatoms. The number of thioether (sulfide) groups is 2. The average Bonchev–Trinajstić information content (AvgIpc) is 2.95. The van der Waals surface area contributed by atoms with Crippen molar-refractivity contribution in [3.05, 3.63) is 32.4 Å². The molecule has 2 aliphatic rings. The van der Waals surface area contributed by atoms with E-state index < -0.39 is 8.07 Å². The number of nitrogens with zero attached hydrogens (tertiary/aromatic N) is 1. The van der Waals surface area contributed by atoms with Crippen LogP contribution in [0.1, 0.15) is 27.7 Å². The summed E-state index contributed by atoms with van der Waals surface area (Å²) in [4.78, 5) is 15.4. The Morgan fingerprint density at radius 3 is 2.26 bits per heavy atom. The molecule has 2 atom stereocenters. The van der Waals surface area contributed by atoms with Gasteiger partial charge in [0.2, 0.25) is 0 Å². The number of halogens is 1. The number of carbonyl (C=O) groups excluding carboxylic acids is 1. The molecule has 3 nitrogen and oxygen atoms in total. The van der Waals surface area contributed by atoms with Crippen LogP contribution in [-0.4, -0.2) is 37.0 Å². The first-order valence-corrected chi connectivity index (χ1v) is 15.2. The summed E-state index contributed by atoms with van der Waals surface area (Å²) in [5, 5.41) is 0. The SMILES string of the molecule is CCS[C@]12SC([Si](CC)(CC)CC)=C(I)[C@H]1N(c1ccc(OC)cc1)C2=O. The summed E-state index contributed by atoms with van der Waals surface area (Å²) < 4.78 is 7.94. The van der Waals surface area contributed by atoms with Crippen molar-refractivity contribution >= 4 is 65.8 Å². The van der Waals surface area contributed by atoms with Gasteiger partial charge in [0.15, 0.2) is 4.08 Å². The predicted molar refractivity (Wildman–Crippen MR) is 131 cm³/mol. The molecule has 148 valence electrons. The quantitative estimate of drug-likeness (QED) is 0.223. The van der Waals surface area contributed by atoms with Gasteiger partial charge in [-0.1, -0.05) is 45.8 Å². The van der Waals surface area contributed by atoms with Gasteiger partial charge in [0.1, 0.15) is 11.8 Å². The van der Waals surface area contributed by atoms with E-state index in [9.17, 15) is 4.79 Å². The maximum atomic E-state index is 13.4. The average molecular weight is 534 g/mol. The smallest absolute Gasteiger partial charge is 0.256 e. The number of carbonyl (C=O) groups is 1. The molecule has 2 heterocycles. The summed E-state index contributed by atoms with van der Waals surface area (Å²) in [5.74, 6) is 2.04. The lowest BCUT2D eigenvalue weighted by Gasteiger charge is -2.51. The Kier molecular flexibility index (Phi) is 6.65. The number of methoxy groups -OCH3 is 1. The molecule has 27 heavy (non-hydrogen) atoms. The maximum Gasteiger partial charge on any atom is 0.256 e. The van der Waals surface area contributed by atoms with Crippen molar-refractivity contribution in [2.45, 2.75) is 55.9 Å². The highest BCUT2D eigenvalue weighted by atomic mass is 127. The first-order chi connectivity index (χ1) is 12.9. The maximum absolute atomic E-state index is 13.4. The molecule has 0 bridgehead atoms. The van der Waals surface area contributed by atoms with Crippen LogP contribution in [-0.2, 0) is 4.79 Å². The first kappa shape index (κ1) is 21.6. The first-order valence-electron chi connectivity index (χ1n) is 9.65. The zero-order valence-corrected chi connectivity index (χ0v) is 21.5. The minimum atomic E-state index is -1.52. The normalized spacial score (nSPS) is 24.9. The molecule has 0 N–H and O–H groups in total. The van der Waals surface area contributed by atoms with Crippen LogP contribution in [0.5, 0.6) is 5.75 Å². The van der Waals surface area contributed by atoms with Gasteiger partial charge in [0.25, 0.3) is 5.91 Å². The van der Waals surface area contributed by atoms with E-state index in [-0.39, 0.29) is 16.0 Å². The van der Waals surface area contributed by atoms with Crippen LogP contribution in [0.2, 0.25) is 18.1 Å². The highest BCUT2D eigenvalue weighted by molar-refractivity contribution is 14.1. The van der Waals surface area contributed by atoms with Gasteiger partial charge in [0.05, 0.1) is 15.2 Å². The van der Waals surface area contributed by atoms with Crippen molar-refractivity contribution in [2.24, 2.45) is 0 Å². The van der Waals surface area contributed by atoms with Crippen molar-refractivity contribution < 1.29 is 9.53 Å². The Balaban J connectivity index is 2.04. The molecule has 1 aromatic rings. The Labute approximate surface area is 186 Å². The molecule has 1 saturated heterocycles. The van der Waals surface area contributed by atoms with E-state index in [0.717, 1.165) is 17.2 Å². The molecule has 1 amide bonds. The molecule has 0 saturated carbocycles. The number of ether oxygens (including phenoxy) is 1. The fraction of sp³-hybridized carbons (Fsp3) is 0.550. The van der Waals surface area contributed by atoms with E-state index in [0.29, 0.717) is 0 Å². The molecule has 0 aliphatic carbocycles.